The number of aliphatic imine (C=N–C) groups is 1. The maximum absolute atomic E-state index is 4.62. The standard InChI is InChI=1S/C17H31N5.HI/c1-7-10-11-12-21(5)17(18-4)19-13-14-15(8-2)20-22(6)16(14)9-3;/h7H,1,8-13H2,2-6H3,(H,18,19);1H. The Balaban J connectivity index is 0.00000484. The molecule has 0 aliphatic rings. The second kappa shape index (κ2) is 11.5. The van der Waals surface area contributed by atoms with Crippen molar-refractivity contribution in [3.8, 4) is 0 Å². The lowest BCUT2D eigenvalue weighted by Crippen LogP contribution is -2.39. The van der Waals surface area contributed by atoms with Crippen molar-refractivity contribution in [2.45, 2.75) is 46.1 Å². The maximum atomic E-state index is 4.62. The van der Waals surface area contributed by atoms with Crippen molar-refractivity contribution in [1.29, 1.82) is 0 Å². The van der Waals surface area contributed by atoms with E-state index >= 15 is 0 Å². The molecular weight excluding hydrogens is 401 g/mol. The number of unbranched alkanes of at least 4 members (excludes halogenated alkanes) is 1. The summed E-state index contributed by atoms with van der Waals surface area (Å²) < 4.78 is 2.01. The van der Waals surface area contributed by atoms with Crippen molar-refractivity contribution in [2.24, 2.45) is 12.0 Å². The number of aromatic nitrogens is 2. The molecule has 0 fully saturated rings. The normalized spacial score (nSPS) is 11.1. The van der Waals surface area contributed by atoms with Crippen LogP contribution in [-0.2, 0) is 26.4 Å². The summed E-state index contributed by atoms with van der Waals surface area (Å²) in [6, 6.07) is 0. The summed E-state index contributed by atoms with van der Waals surface area (Å²) >= 11 is 0. The molecule has 1 heterocycles. The van der Waals surface area contributed by atoms with Crippen molar-refractivity contribution < 1.29 is 0 Å². The molecule has 23 heavy (non-hydrogen) atoms. The van der Waals surface area contributed by atoms with Crippen molar-refractivity contribution in [3.05, 3.63) is 29.6 Å². The molecule has 0 aliphatic carbocycles. The number of hydrogen-bond donors (Lipinski definition) is 1. The fourth-order valence-corrected chi connectivity index (χ4v) is 2.72. The van der Waals surface area contributed by atoms with Crippen molar-refractivity contribution in [2.75, 3.05) is 20.6 Å². The Bertz CT molecular complexity index is 507. The van der Waals surface area contributed by atoms with Gasteiger partial charge in [-0.1, -0.05) is 19.9 Å². The van der Waals surface area contributed by atoms with Gasteiger partial charge >= 0.3 is 0 Å². The predicted octanol–water partition coefficient (Wildman–Crippen LogP) is 3.14. The highest BCUT2D eigenvalue weighted by Gasteiger charge is 2.14. The van der Waals surface area contributed by atoms with Crippen LogP contribution in [0.1, 0.15) is 43.6 Å². The van der Waals surface area contributed by atoms with Crippen LogP contribution in [0.25, 0.3) is 0 Å². The highest BCUT2D eigenvalue weighted by atomic mass is 127. The molecule has 1 N–H and O–H groups in total. The molecule has 0 atom stereocenters. The van der Waals surface area contributed by atoms with Crippen molar-refractivity contribution >= 4 is 29.9 Å². The predicted molar refractivity (Wildman–Crippen MR) is 110 cm³/mol. The second-order valence-corrected chi connectivity index (χ2v) is 5.46. The molecule has 6 heteroatoms. The smallest absolute Gasteiger partial charge is 0.193 e. The Morgan fingerprint density at radius 2 is 2.09 bits per heavy atom. The Morgan fingerprint density at radius 1 is 1.39 bits per heavy atom. The van der Waals surface area contributed by atoms with Gasteiger partial charge < -0.3 is 10.2 Å². The van der Waals surface area contributed by atoms with Crippen LogP contribution in [0.4, 0.5) is 0 Å². The Hall–Kier alpha value is -1.05. The first-order valence-corrected chi connectivity index (χ1v) is 8.15. The molecule has 0 unspecified atom stereocenters. The fourth-order valence-electron chi connectivity index (χ4n) is 2.72. The summed E-state index contributed by atoms with van der Waals surface area (Å²) in [4.78, 5) is 6.54. The Labute approximate surface area is 158 Å². The molecule has 1 aromatic rings. The minimum Gasteiger partial charge on any atom is -0.352 e. The van der Waals surface area contributed by atoms with Gasteiger partial charge in [0.05, 0.1) is 5.69 Å². The van der Waals surface area contributed by atoms with Gasteiger partial charge in [-0.05, 0) is 25.7 Å². The van der Waals surface area contributed by atoms with Crippen LogP contribution in [0, 0.1) is 0 Å². The van der Waals surface area contributed by atoms with Crippen LogP contribution < -0.4 is 5.32 Å². The zero-order valence-corrected chi connectivity index (χ0v) is 17.6. The highest BCUT2D eigenvalue weighted by Crippen LogP contribution is 2.15. The van der Waals surface area contributed by atoms with E-state index in [1.165, 1.54) is 17.0 Å². The quantitative estimate of drug-likeness (QED) is 0.225. The lowest BCUT2D eigenvalue weighted by Gasteiger charge is -2.22. The van der Waals surface area contributed by atoms with Crippen molar-refractivity contribution in [1.82, 2.24) is 20.0 Å². The second-order valence-electron chi connectivity index (χ2n) is 5.46. The van der Waals surface area contributed by atoms with Gasteiger partial charge in [-0.15, -0.1) is 30.6 Å². The van der Waals surface area contributed by atoms with Crippen LogP contribution in [0.15, 0.2) is 17.6 Å². The van der Waals surface area contributed by atoms with Gasteiger partial charge in [0.2, 0.25) is 0 Å². The molecule has 0 spiro atoms. The molecular formula is C17H32IN5. The Morgan fingerprint density at radius 3 is 2.61 bits per heavy atom. The van der Waals surface area contributed by atoms with Crippen LogP contribution in [0.2, 0.25) is 0 Å². The van der Waals surface area contributed by atoms with Crippen LogP contribution >= 0.6 is 24.0 Å². The SMILES string of the molecule is C=CCCCN(C)C(=NC)NCc1c(CC)nn(C)c1CC.I. The summed E-state index contributed by atoms with van der Waals surface area (Å²) in [5.74, 6) is 0.928. The summed E-state index contributed by atoms with van der Waals surface area (Å²) in [5.41, 5.74) is 3.79. The zero-order valence-electron chi connectivity index (χ0n) is 15.2. The van der Waals surface area contributed by atoms with Gasteiger partial charge in [0.25, 0.3) is 0 Å². The van der Waals surface area contributed by atoms with Crippen molar-refractivity contribution in [3.63, 3.8) is 0 Å². The topological polar surface area (TPSA) is 45.4 Å². The summed E-state index contributed by atoms with van der Waals surface area (Å²) in [6.45, 7) is 9.85. The van der Waals surface area contributed by atoms with Gasteiger partial charge in [0.15, 0.2) is 5.96 Å². The number of halogens is 1. The van der Waals surface area contributed by atoms with E-state index in [1.807, 2.05) is 24.9 Å². The summed E-state index contributed by atoms with van der Waals surface area (Å²) in [5, 5.41) is 8.09. The third kappa shape index (κ3) is 6.16. The van der Waals surface area contributed by atoms with E-state index in [9.17, 15) is 0 Å². The Kier molecular flexibility index (Phi) is 11.0. The first kappa shape index (κ1) is 21.9. The average Bonchev–Trinajstić information content (AvgIpc) is 2.83. The van der Waals surface area contributed by atoms with Gasteiger partial charge in [0, 0.05) is 45.5 Å². The minimum atomic E-state index is 0. The first-order valence-electron chi connectivity index (χ1n) is 8.15. The van der Waals surface area contributed by atoms with Gasteiger partial charge in [0.1, 0.15) is 0 Å². The number of allylic oxidation sites excluding steroid dienone is 1. The molecule has 0 saturated carbocycles. The summed E-state index contributed by atoms with van der Waals surface area (Å²) in [7, 11) is 5.93. The number of hydrogen-bond acceptors (Lipinski definition) is 2. The fraction of sp³-hybridized carbons (Fsp3) is 0.647. The molecule has 132 valence electrons. The molecule has 5 nitrogen and oxygen atoms in total. The third-order valence-corrected chi connectivity index (χ3v) is 3.93. The molecule has 1 rings (SSSR count). The van der Waals surface area contributed by atoms with E-state index in [0.29, 0.717) is 0 Å². The first-order chi connectivity index (χ1) is 10.6. The lowest BCUT2D eigenvalue weighted by atomic mass is 10.1. The number of guanidine groups is 1. The minimum absolute atomic E-state index is 0. The number of rotatable bonds is 8. The lowest BCUT2D eigenvalue weighted by molar-refractivity contribution is 0.469. The van der Waals surface area contributed by atoms with Crippen LogP contribution in [0.3, 0.4) is 0 Å². The van der Waals surface area contributed by atoms with Gasteiger partial charge in [-0.25, -0.2) is 0 Å². The highest BCUT2D eigenvalue weighted by molar-refractivity contribution is 14.0. The molecule has 1 aromatic heterocycles. The maximum Gasteiger partial charge on any atom is 0.193 e. The average molecular weight is 433 g/mol. The van der Waals surface area contributed by atoms with E-state index in [2.05, 4.69) is 47.8 Å². The number of aryl methyl sites for hydroxylation is 2. The van der Waals surface area contributed by atoms with E-state index in [4.69, 9.17) is 0 Å². The molecule has 0 aliphatic heterocycles. The van der Waals surface area contributed by atoms with E-state index in [1.54, 1.807) is 0 Å². The molecule has 0 saturated heterocycles. The largest absolute Gasteiger partial charge is 0.352 e. The van der Waals surface area contributed by atoms with Crippen LogP contribution in [0.5, 0.6) is 0 Å². The molecule has 0 bridgehead atoms. The summed E-state index contributed by atoms with van der Waals surface area (Å²) in [6.07, 6.45) is 6.03. The van der Waals surface area contributed by atoms with E-state index < -0.39 is 0 Å². The zero-order chi connectivity index (χ0) is 16.5. The number of nitrogens with zero attached hydrogens (tertiary/aromatic N) is 4. The van der Waals surface area contributed by atoms with E-state index in [0.717, 1.165) is 44.7 Å². The number of nitrogens with one attached hydrogen (secondary N) is 1. The van der Waals surface area contributed by atoms with Gasteiger partial charge in [-0.2, -0.15) is 5.10 Å². The molecule has 0 aromatic carbocycles. The monoisotopic (exact) mass is 433 g/mol. The molecule has 0 amide bonds. The molecule has 0 radical (unpaired) electrons. The third-order valence-electron chi connectivity index (χ3n) is 3.93. The van der Waals surface area contributed by atoms with Gasteiger partial charge in [-0.3, -0.25) is 9.67 Å². The van der Waals surface area contributed by atoms with E-state index in [-0.39, 0.29) is 24.0 Å². The van der Waals surface area contributed by atoms with Crippen LogP contribution in [-0.4, -0.2) is 41.3 Å².